The number of rotatable bonds is 4. The average Bonchev–Trinajstić information content (AvgIpc) is 2.91. The Balaban J connectivity index is 1.74. The minimum absolute atomic E-state index is 0.0110. The zero-order valence-electron chi connectivity index (χ0n) is 18.1. The molecule has 10 nitrogen and oxygen atoms in total. The molecule has 10 heteroatoms. The highest BCUT2D eigenvalue weighted by atomic mass is 16.3. The van der Waals surface area contributed by atoms with Crippen molar-refractivity contribution in [1.82, 2.24) is 0 Å². The molecule has 0 aliphatic heterocycles. The van der Waals surface area contributed by atoms with Crippen LogP contribution in [0.1, 0.15) is 31.8 Å². The number of fused-ring (bicyclic) bond motifs is 2. The molecule has 0 heterocycles. The van der Waals surface area contributed by atoms with Crippen LogP contribution in [0.3, 0.4) is 0 Å². The highest BCUT2D eigenvalue weighted by Gasteiger charge is 2.33. The maximum Gasteiger partial charge on any atom is 0.238 e. The summed E-state index contributed by atoms with van der Waals surface area (Å²) in [5.41, 5.74) is -1.99. The molecule has 172 valence electrons. The van der Waals surface area contributed by atoms with Gasteiger partial charge in [0, 0.05) is 34.7 Å². The number of ketones is 4. The number of aliphatic imine (C=N–C) groups is 2. The van der Waals surface area contributed by atoms with E-state index in [0.29, 0.717) is 0 Å². The number of nitrogens with zero attached hydrogens (tertiary/aromatic N) is 4. The fourth-order valence-corrected chi connectivity index (χ4v) is 3.55. The third-order valence-electron chi connectivity index (χ3n) is 5.35. The number of nitriles is 2. The van der Waals surface area contributed by atoms with Crippen LogP contribution in [-0.2, 0) is 9.59 Å². The topological polar surface area (TPSA) is 181 Å². The van der Waals surface area contributed by atoms with Crippen molar-refractivity contribution < 1.29 is 29.4 Å². The van der Waals surface area contributed by atoms with Gasteiger partial charge in [0.25, 0.3) is 0 Å². The second-order valence-electron chi connectivity index (χ2n) is 7.37. The molecule has 0 saturated heterocycles. The van der Waals surface area contributed by atoms with Crippen molar-refractivity contribution in [1.29, 1.82) is 10.5 Å². The molecule has 2 aliphatic rings. The molecule has 4 rings (SSSR count). The van der Waals surface area contributed by atoms with Crippen LogP contribution in [0.4, 0.5) is 0 Å². The van der Waals surface area contributed by atoms with Crippen molar-refractivity contribution in [2.45, 2.75) is 0 Å². The Morgan fingerprint density at radius 2 is 0.944 bits per heavy atom. The van der Waals surface area contributed by atoms with Crippen LogP contribution in [0.25, 0.3) is 11.5 Å². The van der Waals surface area contributed by atoms with Gasteiger partial charge in [-0.3, -0.25) is 19.2 Å². The Labute approximate surface area is 202 Å². The Morgan fingerprint density at radius 1 is 0.611 bits per heavy atom. The quantitative estimate of drug-likeness (QED) is 0.384. The van der Waals surface area contributed by atoms with Gasteiger partial charge in [-0.05, 0) is 0 Å². The molecule has 0 spiro atoms. The first-order valence-corrected chi connectivity index (χ1v) is 10.2. The van der Waals surface area contributed by atoms with Crippen LogP contribution in [-0.4, -0.2) is 45.8 Å². The van der Waals surface area contributed by atoms with Crippen LogP contribution in [0, 0.1) is 22.7 Å². The van der Waals surface area contributed by atoms with E-state index in [1.54, 1.807) is 24.3 Å². The van der Waals surface area contributed by atoms with Crippen molar-refractivity contribution in [3.05, 3.63) is 93.3 Å². The maximum atomic E-state index is 12.4. The Kier molecular flexibility index (Phi) is 6.02. The van der Waals surface area contributed by atoms with E-state index < -0.39 is 57.2 Å². The van der Waals surface area contributed by atoms with E-state index in [4.69, 9.17) is 0 Å². The lowest BCUT2D eigenvalue weighted by atomic mass is 9.89. The summed E-state index contributed by atoms with van der Waals surface area (Å²) in [5, 5.41) is 39.8. The van der Waals surface area contributed by atoms with Gasteiger partial charge in [-0.2, -0.15) is 10.5 Å². The number of benzene rings is 2. The summed E-state index contributed by atoms with van der Waals surface area (Å²) in [6.07, 6.45) is 1.53. The Morgan fingerprint density at radius 3 is 1.28 bits per heavy atom. The maximum absolute atomic E-state index is 12.4. The summed E-state index contributed by atoms with van der Waals surface area (Å²) in [5.74, 6) is -4.94. The number of hydrogen-bond donors (Lipinski definition) is 2. The Bertz CT molecular complexity index is 1520. The van der Waals surface area contributed by atoms with E-state index in [0.717, 1.165) is 12.4 Å². The number of carbonyl (C=O) groups is 4. The number of carbonyl (C=O) groups excluding carboxylic acids is 4. The van der Waals surface area contributed by atoms with Crippen molar-refractivity contribution >= 4 is 47.1 Å². The molecule has 36 heavy (non-hydrogen) atoms. The van der Waals surface area contributed by atoms with Gasteiger partial charge in [-0.15, -0.1) is 0 Å². The molecular formula is C26H12N4O6. The van der Waals surface area contributed by atoms with Gasteiger partial charge in [0.1, 0.15) is 23.7 Å². The van der Waals surface area contributed by atoms with Gasteiger partial charge in [0.05, 0.1) is 11.1 Å². The zero-order chi connectivity index (χ0) is 26.0. The standard InChI is InChI=1S/C26H12N4O6/c27-9-19(29-11-17-21(31)13-5-1-3-7-15(13)23(33)25(17)35)20(10-28)30-12-18-22(32)14-6-2-4-8-16(14)24(34)26(18)36/h1-8,11-12,31-32H/b20-19-,29-11?,30-12?. The molecule has 0 atom stereocenters. The van der Waals surface area contributed by atoms with Crippen molar-refractivity contribution in [2.75, 3.05) is 0 Å². The van der Waals surface area contributed by atoms with Gasteiger partial charge >= 0.3 is 0 Å². The lowest BCUT2D eigenvalue weighted by molar-refractivity contribution is -0.112. The number of aliphatic hydroxyl groups excluding tert-OH is 2. The predicted molar refractivity (Wildman–Crippen MR) is 126 cm³/mol. The number of hydrogen-bond acceptors (Lipinski definition) is 10. The molecule has 0 saturated carbocycles. The highest BCUT2D eigenvalue weighted by Crippen LogP contribution is 2.28. The molecular weight excluding hydrogens is 464 g/mol. The van der Waals surface area contributed by atoms with E-state index in [2.05, 4.69) is 9.98 Å². The summed E-state index contributed by atoms with van der Waals surface area (Å²) < 4.78 is 0. The van der Waals surface area contributed by atoms with Gasteiger partial charge in [-0.25, -0.2) is 9.98 Å². The van der Waals surface area contributed by atoms with Gasteiger partial charge in [-0.1, -0.05) is 48.5 Å². The lowest BCUT2D eigenvalue weighted by Gasteiger charge is -2.15. The van der Waals surface area contributed by atoms with Crippen molar-refractivity contribution in [3.63, 3.8) is 0 Å². The smallest absolute Gasteiger partial charge is 0.238 e. The number of Topliss-reactive ketones (excluding diaryl/α,β-unsaturated/α-hetero) is 4. The van der Waals surface area contributed by atoms with E-state index in [1.807, 2.05) is 0 Å². The van der Waals surface area contributed by atoms with E-state index in [-0.39, 0.29) is 22.3 Å². The summed E-state index contributed by atoms with van der Waals surface area (Å²) in [6.45, 7) is 0. The average molecular weight is 476 g/mol. The third-order valence-corrected chi connectivity index (χ3v) is 5.35. The molecule has 0 unspecified atom stereocenters. The second-order valence-corrected chi connectivity index (χ2v) is 7.37. The fraction of sp³-hybridized carbons (Fsp3) is 0. The van der Waals surface area contributed by atoms with Crippen LogP contribution < -0.4 is 0 Å². The highest BCUT2D eigenvalue weighted by molar-refractivity contribution is 6.56. The normalized spacial score (nSPS) is 16.2. The van der Waals surface area contributed by atoms with Crippen LogP contribution in [0.2, 0.25) is 0 Å². The van der Waals surface area contributed by atoms with Crippen LogP contribution >= 0.6 is 0 Å². The summed E-state index contributed by atoms with van der Waals surface area (Å²) in [4.78, 5) is 57.0. The first-order valence-electron chi connectivity index (χ1n) is 10.2. The molecule has 0 amide bonds. The van der Waals surface area contributed by atoms with Crippen LogP contribution in [0.15, 0.2) is 81.1 Å². The summed E-state index contributed by atoms with van der Waals surface area (Å²) >= 11 is 0. The van der Waals surface area contributed by atoms with Crippen LogP contribution in [0.5, 0.6) is 0 Å². The first-order chi connectivity index (χ1) is 17.3. The number of aliphatic hydroxyl groups is 2. The largest absolute Gasteiger partial charge is 0.506 e. The Hall–Kier alpha value is -5.74. The predicted octanol–water partition coefficient (Wildman–Crippen LogP) is 2.86. The van der Waals surface area contributed by atoms with Gasteiger partial charge in [0.2, 0.25) is 23.1 Å². The van der Waals surface area contributed by atoms with E-state index in [9.17, 15) is 39.9 Å². The molecule has 2 aromatic rings. The molecule has 0 aromatic heterocycles. The van der Waals surface area contributed by atoms with Gasteiger partial charge in [0.15, 0.2) is 11.4 Å². The van der Waals surface area contributed by atoms with E-state index in [1.165, 1.54) is 36.4 Å². The molecule has 2 aromatic carbocycles. The zero-order valence-corrected chi connectivity index (χ0v) is 18.1. The summed E-state index contributed by atoms with van der Waals surface area (Å²) in [6, 6.07) is 15.0. The minimum Gasteiger partial charge on any atom is -0.506 e. The van der Waals surface area contributed by atoms with Gasteiger partial charge < -0.3 is 10.2 Å². The monoisotopic (exact) mass is 476 g/mol. The molecule has 0 radical (unpaired) electrons. The fourth-order valence-electron chi connectivity index (χ4n) is 3.55. The first kappa shape index (κ1) is 23.4. The van der Waals surface area contributed by atoms with E-state index >= 15 is 0 Å². The molecule has 2 aliphatic carbocycles. The van der Waals surface area contributed by atoms with Crippen molar-refractivity contribution in [2.24, 2.45) is 9.98 Å². The second kappa shape index (κ2) is 9.25. The summed E-state index contributed by atoms with van der Waals surface area (Å²) in [7, 11) is 0. The molecule has 0 bridgehead atoms. The van der Waals surface area contributed by atoms with Crippen molar-refractivity contribution in [3.8, 4) is 12.1 Å². The molecule has 0 fully saturated rings. The SMILES string of the molecule is N#C/C(N=CC1=C(O)c2ccccc2C(=O)C1=O)=C(\C#N)N=CC1=C(O)c2ccccc2C(=O)C1=O. The number of allylic oxidation sites excluding steroid dienone is 4. The lowest BCUT2D eigenvalue weighted by Crippen LogP contribution is -2.24. The third kappa shape index (κ3) is 3.81. The molecule has 2 N–H and O–H groups in total. The minimum atomic E-state index is -1.06.